The Labute approximate surface area is 474 Å². The highest BCUT2D eigenvalue weighted by atomic mass is 16.5. The number of nitrogens with one attached hydrogen (secondary N) is 1. The summed E-state index contributed by atoms with van der Waals surface area (Å²) < 4.78 is 5.49. The second-order valence-electron chi connectivity index (χ2n) is 23.5. The highest BCUT2D eigenvalue weighted by molar-refractivity contribution is 5.76. The predicted octanol–water partition coefficient (Wildman–Crippen LogP) is 21.9. The van der Waals surface area contributed by atoms with E-state index < -0.39 is 12.1 Å². The Bertz CT molecular complexity index is 1230. The number of amides is 1. The molecule has 0 aliphatic carbocycles. The van der Waals surface area contributed by atoms with Crippen LogP contribution in [0.3, 0.4) is 0 Å². The number of rotatable bonds is 64. The number of aliphatic hydroxyl groups is 2. The number of carbonyl (C=O) groups excluding carboxylic acids is 2. The predicted molar refractivity (Wildman–Crippen MR) is 333 cm³/mol. The first kappa shape index (κ1) is 74.1. The van der Waals surface area contributed by atoms with E-state index in [2.05, 4.69) is 43.5 Å². The fourth-order valence-corrected chi connectivity index (χ4v) is 10.6. The lowest BCUT2D eigenvalue weighted by Crippen LogP contribution is -2.45. The average molecular weight is 1070 g/mol. The summed E-state index contributed by atoms with van der Waals surface area (Å²) in [5, 5.41) is 23.2. The molecule has 0 spiro atoms. The summed E-state index contributed by atoms with van der Waals surface area (Å²) in [7, 11) is 0. The molecule has 1 amide bonds. The molecule has 0 rings (SSSR count). The maximum atomic E-state index is 12.5. The van der Waals surface area contributed by atoms with Crippen molar-refractivity contribution in [2.24, 2.45) is 0 Å². The number of aliphatic hydroxyl groups excluding tert-OH is 2. The normalized spacial score (nSPS) is 12.7. The molecule has 0 aliphatic heterocycles. The molecule has 448 valence electrons. The lowest BCUT2D eigenvalue weighted by atomic mass is 10.0. The maximum absolute atomic E-state index is 12.5. The van der Waals surface area contributed by atoms with Crippen molar-refractivity contribution in [3.63, 3.8) is 0 Å². The molecule has 0 heterocycles. The van der Waals surface area contributed by atoms with Crippen molar-refractivity contribution in [1.29, 1.82) is 0 Å². The Morgan fingerprint density at radius 2 is 0.618 bits per heavy atom. The highest BCUT2D eigenvalue weighted by Crippen LogP contribution is 2.18. The zero-order valence-corrected chi connectivity index (χ0v) is 51.3. The van der Waals surface area contributed by atoms with E-state index in [0.717, 1.165) is 44.9 Å². The van der Waals surface area contributed by atoms with E-state index in [1.165, 1.54) is 302 Å². The van der Waals surface area contributed by atoms with Crippen LogP contribution >= 0.6 is 0 Å². The molecule has 0 fully saturated rings. The fraction of sp³-hybridized carbons (Fsp3) is 0.886. The molecule has 6 nitrogen and oxygen atoms in total. The minimum atomic E-state index is -0.845. The molecular formula is C70H133NO5. The van der Waals surface area contributed by atoms with Gasteiger partial charge in [0.2, 0.25) is 5.91 Å². The molecule has 0 aromatic rings. The van der Waals surface area contributed by atoms with Crippen LogP contribution in [0.5, 0.6) is 0 Å². The molecule has 2 unspecified atom stereocenters. The Hall–Kier alpha value is -1.92. The van der Waals surface area contributed by atoms with Gasteiger partial charge in [0, 0.05) is 12.8 Å². The first-order valence-electron chi connectivity index (χ1n) is 34.3. The summed E-state index contributed by atoms with van der Waals surface area (Å²) in [5.41, 5.74) is 0. The van der Waals surface area contributed by atoms with Crippen molar-refractivity contribution in [3.05, 3.63) is 36.5 Å². The minimum Gasteiger partial charge on any atom is -0.466 e. The average Bonchev–Trinajstić information content (AvgIpc) is 3.42. The SMILES string of the molecule is CCCCCCCC/C=C\CCCCCCCC(=O)OCCCCCCCCCCCCCC/C=C\CCCCCCCCCCCCCC(=O)NC(CO)C(O)/C=C/CCCCCCCCCCCCCCCCC. The van der Waals surface area contributed by atoms with Crippen molar-refractivity contribution in [1.82, 2.24) is 5.32 Å². The van der Waals surface area contributed by atoms with Crippen molar-refractivity contribution in [2.75, 3.05) is 13.2 Å². The van der Waals surface area contributed by atoms with Crippen LogP contribution in [-0.2, 0) is 14.3 Å². The largest absolute Gasteiger partial charge is 0.466 e. The molecule has 0 aromatic carbocycles. The molecule has 0 bridgehead atoms. The monoisotopic (exact) mass is 1070 g/mol. The van der Waals surface area contributed by atoms with E-state index in [1.54, 1.807) is 6.08 Å². The van der Waals surface area contributed by atoms with Gasteiger partial charge in [-0.05, 0) is 83.5 Å². The molecule has 0 aromatic heterocycles. The fourth-order valence-electron chi connectivity index (χ4n) is 10.6. The van der Waals surface area contributed by atoms with Crippen LogP contribution in [0.4, 0.5) is 0 Å². The van der Waals surface area contributed by atoms with E-state index in [0.29, 0.717) is 19.4 Å². The molecule has 76 heavy (non-hydrogen) atoms. The second-order valence-corrected chi connectivity index (χ2v) is 23.5. The van der Waals surface area contributed by atoms with Crippen LogP contribution in [0.2, 0.25) is 0 Å². The van der Waals surface area contributed by atoms with Gasteiger partial charge in [-0.15, -0.1) is 0 Å². The van der Waals surface area contributed by atoms with E-state index >= 15 is 0 Å². The second kappa shape index (κ2) is 65.6. The van der Waals surface area contributed by atoms with Crippen LogP contribution < -0.4 is 5.32 Å². The van der Waals surface area contributed by atoms with E-state index in [-0.39, 0.29) is 18.5 Å². The van der Waals surface area contributed by atoms with E-state index in [4.69, 9.17) is 4.74 Å². The maximum Gasteiger partial charge on any atom is 0.305 e. The molecule has 0 aliphatic rings. The highest BCUT2D eigenvalue weighted by Gasteiger charge is 2.18. The van der Waals surface area contributed by atoms with Crippen LogP contribution in [0, 0.1) is 0 Å². The number of unbranched alkanes of at least 4 members (excludes halogenated alkanes) is 49. The summed E-state index contributed by atoms with van der Waals surface area (Å²) in [5.74, 6) is -0.0593. The molecule has 0 saturated heterocycles. The lowest BCUT2D eigenvalue weighted by Gasteiger charge is -2.20. The van der Waals surface area contributed by atoms with Gasteiger partial charge in [-0.2, -0.15) is 0 Å². The number of ether oxygens (including phenoxy) is 1. The third kappa shape index (κ3) is 61.3. The van der Waals surface area contributed by atoms with Gasteiger partial charge in [0.05, 0.1) is 25.4 Å². The smallest absolute Gasteiger partial charge is 0.305 e. The molecule has 0 saturated carbocycles. The third-order valence-electron chi connectivity index (χ3n) is 15.9. The molecular weight excluding hydrogens is 935 g/mol. The van der Waals surface area contributed by atoms with E-state index in [9.17, 15) is 19.8 Å². The minimum absolute atomic E-state index is 0.00709. The van der Waals surface area contributed by atoms with Gasteiger partial charge >= 0.3 is 5.97 Å². The Kier molecular flexibility index (Phi) is 63.9. The number of hydrogen-bond donors (Lipinski definition) is 3. The van der Waals surface area contributed by atoms with Gasteiger partial charge in [0.1, 0.15) is 0 Å². The number of allylic oxidation sites excluding steroid dienone is 5. The standard InChI is InChI=1S/C70H133NO5/c1-3-5-7-9-11-13-15-17-19-31-35-38-42-46-50-54-58-62-68(73)67(66-72)71-69(74)63-59-55-51-47-43-39-36-32-29-27-25-23-21-20-22-24-26-28-30-33-37-41-45-49-53-57-61-65-76-70(75)64-60-56-52-48-44-40-34-18-16-14-12-10-8-6-4-2/h18,20-21,34,58,62,67-68,72-73H,3-17,19,22-33,35-57,59-61,63-66H2,1-2H3,(H,71,74)/b21-20-,34-18-,62-58+. The van der Waals surface area contributed by atoms with Crippen LogP contribution in [0.25, 0.3) is 0 Å². The van der Waals surface area contributed by atoms with Gasteiger partial charge in [0.15, 0.2) is 0 Å². The Balaban J connectivity index is 3.40. The summed E-state index contributed by atoms with van der Waals surface area (Å²) in [4.78, 5) is 24.6. The summed E-state index contributed by atoms with van der Waals surface area (Å²) in [6, 6.07) is -0.629. The van der Waals surface area contributed by atoms with Crippen molar-refractivity contribution in [3.8, 4) is 0 Å². The van der Waals surface area contributed by atoms with Crippen molar-refractivity contribution >= 4 is 11.9 Å². The van der Waals surface area contributed by atoms with Crippen LogP contribution in [0.1, 0.15) is 373 Å². The quantitative estimate of drug-likeness (QED) is 0.0320. The lowest BCUT2D eigenvalue weighted by molar-refractivity contribution is -0.143. The summed E-state index contributed by atoms with van der Waals surface area (Å²) in [6.07, 6.45) is 83.5. The number of hydrogen-bond acceptors (Lipinski definition) is 5. The third-order valence-corrected chi connectivity index (χ3v) is 15.9. The molecule has 2 atom stereocenters. The van der Waals surface area contributed by atoms with Crippen molar-refractivity contribution in [2.45, 2.75) is 386 Å². The van der Waals surface area contributed by atoms with E-state index in [1.807, 2.05) is 6.08 Å². The zero-order chi connectivity index (χ0) is 55.0. The number of carbonyl (C=O) groups is 2. The van der Waals surface area contributed by atoms with Gasteiger partial charge in [0.25, 0.3) is 0 Å². The van der Waals surface area contributed by atoms with Crippen LogP contribution in [0.15, 0.2) is 36.5 Å². The first-order chi connectivity index (χ1) is 37.5. The van der Waals surface area contributed by atoms with Gasteiger partial charge < -0.3 is 20.3 Å². The molecule has 6 heteroatoms. The first-order valence-corrected chi connectivity index (χ1v) is 34.3. The van der Waals surface area contributed by atoms with Gasteiger partial charge in [-0.1, -0.05) is 314 Å². The number of esters is 1. The van der Waals surface area contributed by atoms with Crippen molar-refractivity contribution < 1.29 is 24.5 Å². The zero-order valence-electron chi connectivity index (χ0n) is 51.3. The summed E-state index contributed by atoms with van der Waals surface area (Å²) in [6.45, 7) is 4.92. The topological polar surface area (TPSA) is 95.9 Å². The Morgan fingerprint density at radius 1 is 0.355 bits per heavy atom. The summed E-state index contributed by atoms with van der Waals surface area (Å²) >= 11 is 0. The molecule has 3 N–H and O–H groups in total. The van der Waals surface area contributed by atoms with Crippen LogP contribution in [-0.4, -0.2) is 47.4 Å². The molecule has 0 radical (unpaired) electrons. The van der Waals surface area contributed by atoms with Gasteiger partial charge in [-0.3, -0.25) is 9.59 Å². The van der Waals surface area contributed by atoms with Gasteiger partial charge in [-0.25, -0.2) is 0 Å². The Morgan fingerprint density at radius 3 is 0.934 bits per heavy atom.